The molecule has 5 rings (SSSR count). The summed E-state index contributed by atoms with van der Waals surface area (Å²) in [5.74, 6) is 2.07. The number of ether oxygens (including phenoxy) is 1. The van der Waals surface area contributed by atoms with E-state index >= 15 is 0 Å². The van der Waals surface area contributed by atoms with Crippen molar-refractivity contribution in [2.75, 3.05) is 11.9 Å². The number of aromatic nitrogens is 4. The number of fused-ring (bicyclic) bond motifs is 2. The molecule has 2 saturated carbocycles. The maximum Gasteiger partial charge on any atom is 0.316 e. The van der Waals surface area contributed by atoms with Crippen LogP contribution in [0.4, 0.5) is 5.82 Å². The van der Waals surface area contributed by atoms with E-state index in [2.05, 4.69) is 25.3 Å². The lowest BCUT2D eigenvalue weighted by molar-refractivity contribution is -0.117. The highest BCUT2D eigenvalue weighted by Gasteiger charge is 2.54. The Bertz CT molecular complexity index is 1020. The van der Waals surface area contributed by atoms with Crippen molar-refractivity contribution in [2.45, 2.75) is 32.6 Å². The third kappa shape index (κ3) is 3.10. The van der Waals surface area contributed by atoms with E-state index in [1.54, 1.807) is 12.4 Å². The maximum absolute atomic E-state index is 12.6. The molecule has 2 atom stereocenters. The van der Waals surface area contributed by atoms with E-state index in [-0.39, 0.29) is 11.8 Å². The highest BCUT2D eigenvalue weighted by atomic mass is 16.5. The lowest BCUT2D eigenvalue weighted by Crippen LogP contribution is -2.16. The maximum atomic E-state index is 12.6. The molecule has 0 aliphatic heterocycles. The number of pyridine rings is 1. The number of carbonyl (C=O) groups is 1. The van der Waals surface area contributed by atoms with Crippen LogP contribution in [0.15, 0.2) is 30.6 Å². The van der Waals surface area contributed by atoms with Gasteiger partial charge in [-0.3, -0.25) is 4.79 Å². The molecule has 2 fully saturated rings. The van der Waals surface area contributed by atoms with Gasteiger partial charge in [0, 0.05) is 29.8 Å². The van der Waals surface area contributed by atoms with E-state index < -0.39 is 0 Å². The van der Waals surface area contributed by atoms with Crippen LogP contribution < -0.4 is 10.1 Å². The molecule has 0 bridgehead atoms. The standard InChI is InChI=1S/C21H23N5O2/c1-2-28-21-22-8-7-15(25-21)17-9-12-11-23-18(10-16(12)24-17)26-20(27)19-13-5-3-4-6-14(13)19/h7-11,13-14,19,24H,2-6H2,1H3,(H,23,26,27). The first-order valence-electron chi connectivity index (χ1n) is 9.99. The number of aromatic amines is 1. The number of rotatable bonds is 5. The molecule has 1 amide bonds. The lowest BCUT2D eigenvalue weighted by atomic mass is 10.0. The third-order valence-corrected chi connectivity index (χ3v) is 5.90. The molecule has 0 aromatic carbocycles. The Balaban J connectivity index is 1.35. The Morgan fingerprint density at radius 3 is 2.86 bits per heavy atom. The van der Waals surface area contributed by atoms with Gasteiger partial charge in [-0.1, -0.05) is 12.8 Å². The second-order valence-corrected chi connectivity index (χ2v) is 7.62. The molecule has 2 N–H and O–H groups in total. The molecule has 2 unspecified atom stereocenters. The van der Waals surface area contributed by atoms with E-state index in [1.165, 1.54) is 25.7 Å². The Kier molecular flexibility index (Phi) is 4.22. The predicted octanol–water partition coefficient (Wildman–Crippen LogP) is 3.79. The summed E-state index contributed by atoms with van der Waals surface area (Å²) >= 11 is 0. The van der Waals surface area contributed by atoms with Crippen LogP contribution in [-0.2, 0) is 4.79 Å². The number of carbonyl (C=O) groups excluding carboxylic acids is 1. The number of hydrogen-bond acceptors (Lipinski definition) is 5. The van der Waals surface area contributed by atoms with E-state index in [1.807, 2.05) is 25.1 Å². The van der Waals surface area contributed by atoms with Crippen molar-refractivity contribution in [1.82, 2.24) is 19.9 Å². The quantitative estimate of drug-likeness (QED) is 0.706. The van der Waals surface area contributed by atoms with Crippen LogP contribution in [-0.4, -0.2) is 32.4 Å². The summed E-state index contributed by atoms with van der Waals surface area (Å²) in [6, 6.07) is 6.06. The minimum Gasteiger partial charge on any atom is -0.464 e. The number of nitrogens with one attached hydrogen (secondary N) is 2. The van der Waals surface area contributed by atoms with Gasteiger partial charge >= 0.3 is 6.01 Å². The van der Waals surface area contributed by atoms with Crippen molar-refractivity contribution >= 4 is 22.6 Å². The van der Waals surface area contributed by atoms with Gasteiger partial charge in [0.15, 0.2) is 0 Å². The van der Waals surface area contributed by atoms with Gasteiger partial charge in [0.05, 0.1) is 23.5 Å². The van der Waals surface area contributed by atoms with Crippen molar-refractivity contribution in [2.24, 2.45) is 17.8 Å². The molecule has 0 spiro atoms. The zero-order valence-electron chi connectivity index (χ0n) is 15.8. The fourth-order valence-electron chi connectivity index (χ4n) is 4.51. The molecule has 7 nitrogen and oxygen atoms in total. The summed E-state index contributed by atoms with van der Waals surface area (Å²) in [5, 5.41) is 3.97. The number of hydrogen-bond donors (Lipinski definition) is 2. The molecule has 0 radical (unpaired) electrons. The summed E-state index contributed by atoms with van der Waals surface area (Å²) < 4.78 is 5.38. The van der Waals surface area contributed by atoms with E-state index in [0.29, 0.717) is 30.3 Å². The second kappa shape index (κ2) is 6.89. The van der Waals surface area contributed by atoms with Crippen molar-refractivity contribution in [1.29, 1.82) is 0 Å². The number of amides is 1. The molecule has 144 valence electrons. The van der Waals surface area contributed by atoms with Crippen LogP contribution in [0.2, 0.25) is 0 Å². The normalized spacial score (nSPS) is 23.2. The van der Waals surface area contributed by atoms with Crippen LogP contribution in [0, 0.1) is 17.8 Å². The van der Waals surface area contributed by atoms with Crippen LogP contribution in [0.3, 0.4) is 0 Å². The van der Waals surface area contributed by atoms with Crippen LogP contribution in [0.25, 0.3) is 22.3 Å². The zero-order chi connectivity index (χ0) is 19.1. The highest BCUT2D eigenvalue weighted by Crippen LogP contribution is 2.55. The first kappa shape index (κ1) is 17.2. The summed E-state index contributed by atoms with van der Waals surface area (Å²) in [5.41, 5.74) is 2.52. The van der Waals surface area contributed by atoms with E-state index in [9.17, 15) is 4.79 Å². The molecule has 2 aliphatic rings. The van der Waals surface area contributed by atoms with Gasteiger partial charge in [0.1, 0.15) is 5.82 Å². The highest BCUT2D eigenvalue weighted by molar-refractivity contribution is 5.96. The Morgan fingerprint density at radius 2 is 2.07 bits per heavy atom. The molecule has 3 aromatic rings. The first-order chi connectivity index (χ1) is 13.7. The molecular formula is C21H23N5O2. The minimum atomic E-state index is 0.118. The summed E-state index contributed by atoms with van der Waals surface area (Å²) in [6.07, 6.45) is 8.35. The van der Waals surface area contributed by atoms with Gasteiger partial charge in [-0.2, -0.15) is 4.98 Å². The lowest BCUT2D eigenvalue weighted by Gasteiger charge is -2.04. The van der Waals surface area contributed by atoms with Gasteiger partial charge in [-0.15, -0.1) is 0 Å². The molecular weight excluding hydrogens is 354 g/mol. The predicted molar refractivity (Wildman–Crippen MR) is 106 cm³/mol. The van der Waals surface area contributed by atoms with Gasteiger partial charge < -0.3 is 15.0 Å². The SMILES string of the molecule is CCOc1nccc(-c2cc3cnc(NC(=O)C4C5CCCCC54)cc3[nH]2)n1. The van der Waals surface area contributed by atoms with Crippen LogP contribution >= 0.6 is 0 Å². The molecule has 28 heavy (non-hydrogen) atoms. The van der Waals surface area contributed by atoms with Crippen molar-refractivity contribution < 1.29 is 9.53 Å². The average Bonchev–Trinajstić information content (AvgIpc) is 3.29. The molecule has 0 saturated heterocycles. The Labute approximate surface area is 163 Å². The molecule has 2 aliphatic carbocycles. The second-order valence-electron chi connectivity index (χ2n) is 7.62. The summed E-state index contributed by atoms with van der Waals surface area (Å²) in [4.78, 5) is 28.9. The summed E-state index contributed by atoms with van der Waals surface area (Å²) in [6.45, 7) is 2.42. The Hall–Kier alpha value is -2.96. The first-order valence-corrected chi connectivity index (χ1v) is 9.99. The topological polar surface area (TPSA) is 92.8 Å². The van der Waals surface area contributed by atoms with Gasteiger partial charge in [0.25, 0.3) is 0 Å². The fraction of sp³-hybridized carbons (Fsp3) is 0.429. The van der Waals surface area contributed by atoms with Crippen molar-refractivity contribution in [3.63, 3.8) is 0 Å². The fourth-order valence-corrected chi connectivity index (χ4v) is 4.51. The average molecular weight is 377 g/mol. The minimum absolute atomic E-state index is 0.118. The van der Waals surface area contributed by atoms with Crippen molar-refractivity contribution in [3.8, 4) is 17.4 Å². The number of anilines is 1. The van der Waals surface area contributed by atoms with Crippen molar-refractivity contribution in [3.05, 3.63) is 30.6 Å². The zero-order valence-corrected chi connectivity index (χ0v) is 15.8. The monoisotopic (exact) mass is 377 g/mol. The van der Waals surface area contributed by atoms with Gasteiger partial charge in [0.2, 0.25) is 5.91 Å². The summed E-state index contributed by atoms with van der Waals surface area (Å²) in [7, 11) is 0. The van der Waals surface area contributed by atoms with E-state index in [0.717, 1.165) is 22.3 Å². The smallest absolute Gasteiger partial charge is 0.316 e. The van der Waals surface area contributed by atoms with Crippen LogP contribution in [0.1, 0.15) is 32.6 Å². The van der Waals surface area contributed by atoms with E-state index in [4.69, 9.17) is 4.74 Å². The molecule has 3 heterocycles. The third-order valence-electron chi connectivity index (χ3n) is 5.90. The largest absolute Gasteiger partial charge is 0.464 e. The van der Waals surface area contributed by atoms with Gasteiger partial charge in [-0.25, -0.2) is 9.97 Å². The molecule has 3 aromatic heterocycles. The van der Waals surface area contributed by atoms with Gasteiger partial charge in [-0.05, 0) is 43.7 Å². The molecule has 7 heteroatoms. The number of H-pyrrole nitrogens is 1. The Morgan fingerprint density at radius 1 is 1.25 bits per heavy atom. The van der Waals surface area contributed by atoms with Crippen LogP contribution in [0.5, 0.6) is 6.01 Å². The number of nitrogens with zero attached hydrogens (tertiary/aromatic N) is 3.